The Balaban J connectivity index is 0.00000195. The van der Waals surface area contributed by atoms with E-state index >= 15 is 0 Å². The quantitative estimate of drug-likeness (QED) is 0.173. The molecule has 3 aliphatic rings. The lowest BCUT2D eigenvalue weighted by molar-refractivity contribution is 0.612. The number of hydrazone groups is 1. The molecule has 0 radical (unpaired) electrons. The number of nitrogens with zero attached hydrogens (tertiary/aromatic N) is 3. The van der Waals surface area contributed by atoms with Gasteiger partial charge in [0, 0.05) is 39.3 Å². The van der Waals surface area contributed by atoms with Gasteiger partial charge in [0.15, 0.2) is 5.84 Å². The van der Waals surface area contributed by atoms with E-state index in [-0.39, 0.29) is 18.1 Å². The number of nitrogens with one attached hydrogen (secondary N) is 2. The fraction of sp³-hybridized carbons (Fsp3) is 0.140. The number of allylic oxidation sites excluding steroid dienone is 5. The van der Waals surface area contributed by atoms with Gasteiger partial charge in [-0.05, 0) is 71.2 Å². The molecule has 3 atom stereocenters. The van der Waals surface area contributed by atoms with Gasteiger partial charge in [0.2, 0.25) is 0 Å². The molecule has 10 rings (SSSR count). The number of hydrogen-bond acceptors (Lipinski definition) is 4. The highest BCUT2D eigenvalue weighted by atomic mass is 15.5. The summed E-state index contributed by atoms with van der Waals surface area (Å²) in [5, 5.41) is 13.9. The second-order valence-electron chi connectivity index (χ2n) is 14.0. The molecule has 0 bridgehead atoms. The van der Waals surface area contributed by atoms with E-state index in [2.05, 4.69) is 202 Å². The van der Waals surface area contributed by atoms with E-state index in [1.54, 1.807) is 0 Å². The Morgan fingerprint density at radius 2 is 1.29 bits per heavy atom. The van der Waals surface area contributed by atoms with E-state index in [0.29, 0.717) is 0 Å². The maximum absolute atomic E-state index is 5.05. The van der Waals surface area contributed by atoms with Crippen molar-refractivity contribution in [1.82, 2.24) is 15.3 Å². The summed E-state index contributed by atoms with van der Waals surface area (Å²) >= 11 is 0. The van der Waals surface area contributed by atoms with Gasteiger partial charge < -0.3 is 9.88 Å². The van der Waals surface area contributed by atoms with Crippen molar-refractivity contribution in [3.05, 3.63) is 204 Å². The number of para-hydroxylation sites is 3. The molecule has 5 nitrogen and oxygen atoms in total. The smallest absolute Gasteiger partial charge is 0.162 e. The Morgan fingerprint density at radius 3 is 2.02 bits per heavy atom. The minimum Gasteiger partial charge on any atom is -0.378 e. The normalized spacial score (nSPS) is 19.1. The highest BCUT2D eigenvalue weighted by Crippen LogP contribution is 2.40. The summed E-state index contributed by atoms with van der Waals surface area (Å²) in [4.78, 5) is 2.33. The van der Waals surface area contributed by atoms with E-state index in [0.717, 1.165) is 35.5 Å². The number of rotatable bonds is 7. The molecule has 1 aromatic heterocycles. The van der Waals surface area contributed by atoms with Crippen molar-refractivity contribution in [2.75, 3.05) is 4.90 Å². The van der Waals surface area contributed by atoms with Crippen molar-refractivity contribution in [1.29, 1.82) is 0 Å². The summed E-state index contributed by atoms with van der Waals surface area (Å²) in [6.45, 7) is 4.00. The standard InChI is InChI=1S/C48H39N5.C2H6/c1-4-16-33(17-5-1)47-50-51-48(53(47)35-20-8-3-9-21-35)42-27-15-24-37-38(42)25-14-26-39(37)43-32-36(30-31-44(43)49-34-18-6-2-7-19-34)52-45-28-12-10-22-40(45)41-23-11-13-29-46(41)52;1-2/h1,3-6,8-32,43-44,47,49-50H,2,7H2;1-2H3. The van der Waals surface area contributed by atoms with Crippen LogP contribution in [0.2, 0.25) is 0 Å². The first-order chi connectivity index (χ1) is 27.3. The van der Waals surface area contributed by atoms with Crippen LogP contribution in [0.3, 0.4) is 0 Å². The van der Waals surface area contributed by atoms with Crippen molar-refractivity contribution in [2.24, 2.45) is 5.10 Å². The lowest BCUT2D eigenvalue weighted by Crippen LogP contribution is -2.34. The summed E-state index contributed by atoms with van der Waals surface area (Å²) in [6.07, 6.45) is 16.0. The van der Waals surface area contributed by atoms with Gasteiger partial charge in [0.1, 0.15) is 6.17 Å². The molecule has 270 valence electrons. The van der Waals surface area contributed by atoms with E-state index in [9.17, 15) is 0 Å². The Bertz CT molecular complexity index is 2590. The first kappa shape index (κ1) is 34.2. The average Bonchev–Trinajstić information content (AvgIpc) is 3.85. The summed E-state index contributed by atoms with van der Waals surface area (Å²) in [5.74, 6) is 0.959. The van der Waals surface area contributed by atoms with Crippen LogP contribution in [0.15, 0.2) is 193 Å². The first-order valence-electron chi connectivity index (χ1n) is 19.6. The van der Waals surface area contributed by atoms with Gasteiger partial charge in [-0.25, -0.2) is 0 Å². The molecule has 2 N–H and O–H groups in total. The maximum Gasteiger partial charge on any atom is 0.162 e. The second kappa shape index (κ2) is 15.0. The molecule has 0 fully saturated rings. The third kappa shape index (κ3) is 6.22. The Labute approximate surface area is 323 Å². The highest BCUT2D eigenvalue weighted by molar-refractivity contribution is 6.18. The van der Waals surface area contributed by atoms with Crippen molar-refractivity contribution in [3.63, 3.8) is 0 Å². The third-order valence-corrected chi connectivity index (χ3v) is 10.9. The zero-order valence-corrected chi connectivity index (χ0v) is 31.3. The molecular weight excluding hydrogens is 671 g/mol. The molecule has 5 heteroatoms. The minimum atomic E-state index is -0.127. The van der Waals surface area contributed by atoms with Crippen LogP contribution in [-0.4, -0.2) is 16.4 Å². The number of anilines is 1. The molecule has 0 saturated heterocycles. The van der Waals surface area contributed by atoms with Crippen LogP contribution in [-0.2, 0) is 0 Å². The van der Waals surface area contributed by atoms with Gasteiger partial charge in [-0.2, -0.15) is 5.10 Å². The Hall–Kier alpha value is -6.59. The second-order valence-corrected chi connectivity index (χ2v) is 14.0. The number of hydrogen-bond donors (Lipinski definition) is 2. The number of benzene rings is 6. The van der Waals surface area contributed by atoms with Gasteiger partial charge in [0.25, 0.3) is 0 Å². The van der Waals surface area contributed by atoms with E-state index in [1.807, 2.05) is 13.8 Å². The van der Waals surface area contributed by atoms with E-state index in [1.165, 1.54) is 49.5 Å². The average molecular weight is 716 g/mol. The van der Waals surface area contributed by atoms with Crippen molar-refractivity contribution >= 4 is 49.8 Å². The summed E-state index contributed by atoms with van der Waals surface area (Å²) in [5.41, 5.74) is 12.9. The topological polar surface area (TPSA) is 44.6 Å². The zero-order valence-electron chi connectivity index (χ0n) is 31.3. The third-order valence-electron chi connectivity index (χ3n) is 10.9. The lowest BCUT2D eigenvalue weighted by Gasteiger charge is -2.31. The number of amidine groups is 1. The van der Waals surface area contributed by atoms with Crippen LogP contribution >= 0.6 is 0 Å². The summed E-state index contributed by atoms with van der Waals surface area (Å²) < 4.78 is 2.43. The van der Waals surface area contributed by atoms with Crippen molar-refractivity contribution < 1.29 is 0 Å². The number of fused-ring (bicyclic) bond motifs is 4. The lowest BCUT2D eigenvalue weighted by atomic mass is 9.83. The van der Waals surface area contributed by atoms with Crippen LogP contribution in [0.4, 0.5) is 5.69 Å². The molecule has 3 unspecified atom stereocenters. The van der Waals surface area contributed by atoms with Gasteiger partial charge >= 0.3 is 0 Å². The Morgan fingerprint density at radius 1 is 0.636 bits per heavy atom. The summed E-state index contributed by atoms with van der Waals surface area (Å²) in [7, 11) is 0. The van der Waals surface area contributed by atoms with Gasteiger partial charge in [0.05, 0.1) is 17.1 Å². The SMILES string of the molecule is C1=CC(NC2C=CC(n3c4ccccc4c4ccccc43)=CC2c2cccc3c(C4=NNC(c5ccccc5)N4c4ccccc4)cccc23)=CCC1.CC. The highest BCUT2D eigenvalue weighted by Gasteiger charge is 2.33. The predicted octanol–water partition coefficient (Wildman–Crippen LogP) is 11.8. The van der Waals surface area contributed by atoms with E-state index < -0.39 is 0 Å². The van der Waals surface area contributed by atoms with Crippen LogP contribution in [0.5, 0.6) is 0 Å². The van der Waals surface area contributed by atoms with Gasteiger partial charge in [-0.15, -0.1) is 0 Å². The largest absolute Gasteiger partial charge is 0.378 e. The molecule has 2 heterocycles. The van der Waals surface area contributed by atoms with Crippen LogP contribution in [0.25, 0.3) is 38.3 Å². The van der Waals surface area contributed by atoms with Crippen LogP contribution < -0.4 is 15.6 Å². The van der Waals surface area contributed by atoms with Gasteiger partial charge in [-0.3, -0.25) is 10.3 Å². The maximum atomic E-state index is 5.05. The Kier molecular flexibility index (Phi) is 9.35. The molecule has 6 aromatic carbocycles. The zero-order chi connectivity index (χ0) is 37.1. The van der Waals surface area contributed by atoms with Crippen molar-refractivity contribution in [3.8, 4) is 0 Å². The molecule has 55 heavy (non-hydrogen) atoms. The predicted molar refractivity (Wildman–Crippen MR) is 232 cm³/mol. The fourth-order valence-corrected chi connectivity index (χ4v) is 8.43. The minimum absolute atomic E-state index is 0.0519. The first-order valence-corrected chi connectivity index (χ1v) is 19.6. The van der Waals surface area contributed by atoms with Crippen LogP contribution in [0, 0.1) is 0 Å². The molecule has 1 aliphatic heterocycles. The molecule has 0 amide bonds. The molecule has 2 aliphatic carbocycles. The fourth-order valence-electron chi connectivity index (χ4n) is 8.43. The van der Waals surface area contributed by atoms with E-state index in [4.69, 9.17) is 5.10 Å². The van der Waals surface area contributed by atoms with Crippen molar-refractivity contribution in [2.45, 2.75) is 44.8 Å². The molecule has 7 aromatic rings. The molecule has 0 saturated carbocycles. The number of aromatic nitrogens is 1. The molecular formula is C50H45N5. The van der Waals surface area contributed by atoms with Crippen LogP contribution in [0.1, 0.15) is 55.5 Å². The van der Waals surface area contributed by atoms with Gasteiger partial charge in [-0.1, -0.05) is 159 Å². The monoisotopic (exact) mass is 715 g/mol. The summed E-state index contributed by atoms with van der Waals surface area (Å²) in [6, 6.07) is 52.2. The molecule has 0 spiro atoms.